The zero-order chi connectivity index (χ0) is 17.1. The average molecular weight is 361 g/mol. The number of amides is 2. The average Bonchev–Trinajstić information content (AvgIpc) is 3.21. The maximum Gasteiger partial charge on any atom is 0.255 e. The van der Waals surface area contributed by atoms with Crippen molar-refractivity contribution in [3.8, 4) is 0 Å². The number of hydrogen-bond acceptors (Lipinski definition) is 5. The fourth-order valence-electron chi connectivity index (χ4n) is 2.61. The van der Waals surface area contributed by atoms with Crippen LogP contribution in [0, 0.1) is 13.8 Å². The summed E-state index contributed by atoms with van der Waals surface area (Å²) in [5.41, 5.74) is 2.44. The number of carbonyl (C=O) groups is 2. The molecule has 3 rings (SSSR count). The van der Waals surface area contributed by atoms with Crippen molar-refractivity contribution in [2.45, 2.75) is 26.4 Å². The Hall–Kier alpha value is -1.86. The molecule has 0 saturated carbocycles. The molecule has 1 aromatic heterocycles. The third-order valence-corrected chi connectivity index (χ3v) is 5.77. The molecule has 24 heavy (non-hydrogen) atoms. The number of thiazole rings is 1. The molecule has 2 aromatic rings. The van der Waals surface area contributed by atoms with Crippen LogP contribution in [0.15, 0.2) is 29.6 Å². The zero-order valence-electron chi connectivity index (χ0n) is 13.6. The van der Waals surface area contributed by atoms with Crippen LogP contribution in [-0.2, 0) is 11.3 Å². The minimum Gasteiger partial charge on any atom is -0.349 e. The van der Waals surface area contributed by atoms with Crippen molar-refractivity contribution in [2.24, 2.45) is 0 Å². The van der Waals surface area contributed by atoms with Crippen molar-refractivity contribution in [2.75, 3.05) is 11.6 Å². The molecule has 0 bridgehead atoms. The maximum absolute atomic E-state index is 12.8. The van der Waals surface area contributed by atoms with E-state index in [2.05, 4.69) is 10.3 Å². The van der Waals surface area contributed by atoms with Crippen LogP contribution in [0.5, 0.6) is 0 Å². The molecular weight excluding hydrogens is 342 g/mol. The molecule has 0 radical (unpaired) electrons. The van der Waals surface area contributed by atoms with E-state index in [1.54, 1.807) is 28.0 Å². The Labute approximate surface area is 149 Å². The lowest BCUT2D eigenvalue weighted by atomic mass is 10.1. The molecule has 1 aliphatic rings. The molecule has 2 heterocycles. The minimum absolute atomic E-state index is 0.0808. The van der Waals surface area contributed by atoms with Gasteiger partial charge in [-0.3, -0.25) is 9.59 Å². The van der Waals surface area contributed by atoms with Crippen LogP contribution in [0.3, 0.4) is 0 Å². The molecule has 7 heteroatoms. The number of rotatable bonds is 4. The van der Waals surface area contributed by atoms with Gasteiger partial charge in [0.2, 0.25) is 5.91 Å². The molecule has 0 spiro atoms. The monoisotopic (exact) mass is 361 g/mol. The van der Waals surface area contributed by atoms with Crippen molar-refractivity contribution >= 4 is 34.9 Å². The number of aryl methyl sites for hydroxylation is 2. The first kappa shape index (κ1) is 17.0. The summed E-state index contributed by atoms with van der Waals surface area (Å²) in [6.07, 6.45) is 0. The van der Waals surface area contributed by atoms with Gasteiger partial charge in [0.25, 0.3) is 5.91 Å². The summed E-state index contributed by atoms with van der Waals surface area (Å²) in [5.74, 6) is 0.969. The van der Waals surface area contributed by atoms with E-state index in [0.717, 1.165) is 16.3 Å². The van der Waals surface area contributed by atoms with Gasteiger partial charge in [-0.2, -0.15) is 0 Å². The Morgan fingerprint density at radius 3 is 2.83 bits per heavy atom. The van der Waals surface area contributed by atoms with E-state index in [0.29, 0.717) is 23.7 Å². The second-order valence-corrected chi connectivity index (χ2v) is 7.74. The van der Waals surface area contributed by atoms with Gasteiger partial charge in [0, 0.05) is 16.7 Å². The quantitative estimate of drug-likeness (QED) is 0.909. The summed E-state index contributed by atoms with van der Waals surface area (Å²) in [6.45, 7) is 4.25. The van der Waals surface area contributed by atoms with Gasteiger partial charge >= 0.3 is 0 Å². The highest BCUT2D eigenvalue weighted by molar-refractivity contribution is 7.99. The summed E-state index contributed by atoms with van der Waals surface area (Å²) in [7, 11) is 0. The van der Waals surface area contributed by atoms with Crippen LogP contribution in [0.2, 0.25) is 0 Å². The third-order valence-electron chi connectivity index (χ3n) is 3.93. The van der Waals surface area contributed by atoms with Crippen LogP contribution < -0.4 is 5.32 Å². The van der Waals surface area contributed by atoms with Gasteiger partial charge in [-0.05, 0) is 25.5 Å². The number of nitrogens with zero attached hydrogens (tertiary/aromatic N) is 2. The molecule has 1 aromatic carbocycles. The van der Waals surface area contributed by atoms with Gasteiger partial charge in [-0.15, -0.1) is 23.1 Å². The molecule has 0 aliphatic carbocycles. The predicted molar refractivity (Wildman–Crippen MR) is 97.2 cm³/mol. The van der Waals surface area contributed by atoms with Crippen LogP contribution in [-0.4, -0.2) is 39.4 Å². The van der Waals surface area contributed by atoms with Gasteiger partial charge in [0.1, 0.15) is 6.04 Å². The van der Waals surface area contributed by atoms with E-state index < -0.39 is 6.04 Å². The molecule has 2 amide bonds. The highest BCUT2D eigenvalue weighted by atomic mass is 32.2. The SMILES string of the molecule is Cc1nc(CNC(=O)C2CSCN2C(=O)c2ccccc2C)cs1. The normalized spacial score (nSPS) is 17.1. The minimum atomic E-state index is -0.429. The first-order chi connectivity index (χ1) is 11.6. The van der Waals surface area contributed by atoms with Gasteiger partial charge in [-0.25, -0.2) is 4.98 Å². The Morgan fingerprint density at radius 1 is 1.33 bits per heavy atom. The van der Waals surface area contributed by atoms with Crippen molar-refractivity contribution < 1.29 is 9.59 Å². The Bertz CT molecular complexity index is 760. The second kappa shape index (κ2) is 7.36. The van der Waals surface area contributed by atoms with E-state index in [-0.39, 0.29) is 11.8 Å². The van der Waals surface area contributed by atoms with E-state index in [1.165, 1.54) is 0 Å². The van der Waals surface area contributed by atoms with E-state index in [9.17, 15) is 9.59 Å². The van der Waals surface area contributed by atoms with E-state index in [1.807, 2.05) is 43.5 Å². The first-order valence-corrected chi connectivity index (χ1v) is 9.73. The lowest BCUT2D eigenvalue weighted by Gasteiger charge is -2.23. The number of carbonyl (C=O) groups excluding carboxylic acids is 2. The summed E-state index contributed by atoms with van der Waals surface area (Å²) >= 11 is 3.17. The Kier molecular flexibility index (Phi) is 5.20. The molecule has 1 saturated heterocycles. The maximum atomic E-state index is 12.8. The van der Waals surface area contributed by atoms with Crippen LogP contribution >= 0.6 is 23.1 Å². The van der Waals surface area contributed by atoms with Crippen LogP contribution in [0.4, 0.5) is 0 Å². The van der Waals surface area contributed by atoms with Gasteiger partial charge in [-0.1, -0.05) is 18.2 Å². The van der Waals surface area contributed by atoms with Crippen molar-refractivity contribution in [1.29, 1.82) is 0 Å². The number of benzene rings is 1. The fraction of sp³-hybridized carbons (Fsp3) is 0.353. The molecular formula is C17H19N3O2S2. The van der Waals surface area contributed by atoms with Gasteiger partial charge < -0.3 is 10.2 Å². The van der Waals surface area contributed by atoms with Gasteiger partial charge in [0.05, 0.1) is 23.1 Å². The number of hydrogen-bond donors (Lipinski definition) is 1. The highest BCUT2D eigenvalue weighted by Gasteiger charge is 2.35. The molecule has 1 N–H and O–H groups in total. The van der Waals surface area contributed by atoms with Crippen LogP contribution in [0.1, 0.15) is 26.6 Å². The third kappa shape index (κ3) is 3.62. The Balaban J connectivity index is 1.67. The van der Waals surface area contributed by atoms with Crippen molar-refractivity contribution in [3.63, 3.8) is 0 Å². The standard InChI is InChI=1S/C17H19N3O2S2/c1-11-5-3-4-6-14(11)17(22)20-10-23-9-15(20)16(21)18-7-13-8-24-12(2)19-13/h3-6,8,15H,7,9-10H2,1-2H3,(H,18,21). The summed E-state index contributed by atoms with van der Waals surface area (Å²) in [6, 6.07) is 7.06. The molecule has 1 fully saturated rings. The van der Waals surface area contributed by atoms with Crippen molar-refractivity contribution in [1.82, 2.24) is 15.2 Å². The smallest absolute Gasteiger partial charge is 0.255 e. The lowest BCUT2D eigenvalue weighted by Crippen LogP contribution is -2.47. The summed E-state index contributed by atoms with van der Waals surface area (Å²) in [5, 5.41) is 5.82. The largest absolute Gasteiger partial charge is 0.349 e. The highest BCUT2D eigenvalue weighted by Crippen LogP contribution is 2.24. The summed E-state index contributed by atoms with van der Waals surface area (Å²) < 4.78 is 0. The Morgan fingerprint density at radius 2 is 2.12 bits per heavy atom. The van der Waals surface area contributed by atoms with Crippen LogP contribution in [0.25, 0.3) is 0 Å². The molecule has 1 atom stereocenters. The predicted octanol–water partition coefficient (Wildman–Crippen LogP) is 2.59. The second-order valence-electron chi connectivity index (χ2n) is 5.68. The number of aromatic nitrogens is 1. The first-order valence-electron chi connectivity index (χ1n) is 7.69. The van der Waals surface area contributed by atoms with Crippen molar-refractivity contribution in [3.05, 3.63) is 51.5 Å². The number of thioether (sulfide) groups is 1. The van der Waals surface area contributed by atoms with E-state index >= 15 is 0 Å². The summed E-state index contributed by atoms with van der Waals surface area (Å²) in [4.78, 5) is 31.3. The topological polar surface area (TPSA) is 62.3 Å². The van der Waals surface area contributed by atoms with Gasteiger partial charge in [0.15, 0.2) is 0 Å². The fourth-order valence-corrected chi connectivity index (χ4v) is 4.38. The molecule has 126 valence electrons. The van der Waals surface area contributed by atoms with E-state index in [4.69, 9.17) is 0 Å². The molecule has 5 nitrogen and oxygen atoms in total. The molecule has 1 unspecified atom stereocenters. The zero-order valence-corrected chi connectivity index (χ0v) is 15.2. The molecule has 1 aliphatic heterocycles. The number of nitrogens with one attached hydrogen (secondary N) is 1. The lowest BCUT2D eigenvalue weighted by molar-refractivity contribution is -0.124.